The molecule has 1 aromatic heterocycles. The number of nitrogens with zero attached hydrogens (tertiary/aromatic N) is 3. The highest BCUT2D eigenvalue weighted by molar-refractivity contribution is 5.73. The minimum atomic E-state index is -0.0879. The SMILES string of the molecule is CC(CNC(=O)N(C)Cc1ncc[nH]1)N(C)C. The van der Waals surface area contributed by atoms with E-state index in [9.17, 15) is 4.79 Å². The van der Waals surface area contributed by atoms with Crippen molar-refractivity contribution in [2.24, 2.45) is 0 Å². The normalized spacial score (nSPS) is 12.5. The van der Waals surface area contributed by atoms with E-state index in [1.54, 1.807) is 24.3 Å². The number of urea groups is 1. The molecule has 0 aliphatic carbocycles. The minimum absolute atomic E-state index is 0.0879. The number of amides is 2. The fraction of sp³-hybridized carbons (Fsp3) is 0.636. The van der Waals surface area contributed by atoms with Gasteiger partial charge in [-0.15, -0.1) is 0 Å². The summed E-state index contributed by atoms with van der Waals surface area (Å²) in [5, 5.41) is 2.88. The van der Waals surface area contributed by atoms with E-state index in [2.05, 4.69) is 27.1 Å². The Hall–Kier alpha value is -1.56. The van der Waals surface area contributed by atoms with Crippen LogP contribution in [-0.2, 0) is 6.54 Å². The number of carbonyl (C=O) groups is 1. The summed E-state index contributed by atoms with van der Waals surface area (Å²) in [4.78, 5) is 22.5. The van der Waals surface area contributed by atoms with Gasteiger partial charge in [0.25, 0.3) is 0 Å². The molecule has 0 saturated heterocycles. The van der Waals surface area contributed by atoms with Gasteiger partial charge in [0.2, 0.25) is 0 Å². The molecular formula is C11H21N5O. The topological polar surface area (TPSA) is 64.3 Å². The molecule has 6 heteroatoms. The van der Waals surface area contributed by atoms with Crippen molar-refractivity contribution in [2.75, 3.05) is 27.7 Å². The molecule has 1 atom stereocenters. The highest BCUT2D eigenvalue weighted by atomic mass is 16.2. The Labute approximate surface area is 102 Å². The largest absolute Gasteiger partial charge is 0.347 e. The first-order valence-electron chi connectivity index (χ1n) is 5.64. The van der Waals surface area contributed by atoms with Gasteiger partial charge >= 0.3 is 6.03 Å². The second-order valence-electron chi connectivity index (χ2n) is 4.39. The molecule has 0 spiro atoms. The van der Waals surface area contributed by atoms with Gasteiger partial charge in [-0.05, 0) is 21.0 Å². The zero-order valence-corrected chi connectivity index (χ0v) is 10.9. The third-order valence-electron chi connectivity index (χ3n) is 2.72. The zero-order valence-electron chi connectivity index (χ0n) is 10.9. The molecule has 1 unspecified atom stereocenters. The van der Waals surface area contributed by atoms with E-state index < -0.39 is 0 Å². The highest BCUT2D eigenvalue weighted by Crippen LogP contribution is 1.96. The lowest BCUT2D eigenvalue weighted by molar-refractivity contribution is 0.201. The summed E-state index contributed by atoms with van der Waals surface area (Å²) < 4.78 is 0. The first-order valence-corrected chi connectivity index (χ1v) is 5.64. The maximum Gasteiger partial charge on any atom is 0.317 e. The van der Waals surface area contributed by atoms with Crippen molar-refractivity contribution in [3.8, 4) is 0 Å². The molecule has 6 nitrogen and oxygen atoms in total. The molecule has 1 heterocycles. The molecule has 0 bridgehead atoms. The van der Waals surface area contributed by atoms with Crippen molar-refractivity contribution in [1.29, 1.82) is 0 Å². The van der Waals surface area contributed by atoms with Crippen LogP contribution in [0.1, 0.15) is 12.7 Å². The molecule has 2 N–H and O–H groups in total. The van der Waals surface area contributed by atoms with E-state index in [-0.39, 0.29) is 6.03 Å². The Kier molecular flexibility index (Phi) is 4.96. The molecule has 96 valence electrons. The molecule has 0 saturated carbocycles. The Morgan fingerprint density at radius 3 is 2.76 bits per heavy atom. The fourth-order valence-electron chi connectivity index (χ4n) is 1.23. The fourth-order valence-corrected chi connectivity index (χ4v) is 1.23. The van der Waals surface area contributed by atoms with Crippen LogP contribution in [0.4, 0.5) is 4.79 Å². The van der Waals surface area contributed by atoms with Crippen molar-refractivity contribution in [3.63, 3.8) is 0 Å². The maximum absolute atomic E-state index is 11.8. The third-order valence-corrected chi connectivity index (χ3v) is 2.72. The minimum Gasteiger partial charge on any atom is -0.347 e. The van der Waals surface area contributed by atoms with E-state index in [1.807, 2.05) is 14.1 Å². The van der Waals surface area contributed by atoms with Crippen molar-refractivity contribution >= 4 is 6.03 Å². The van der Waals surface area contributed by atoms with Crippen molar-refractivity contribution in [2.45, 2.75) is 19.5 Å². The van der Waals surface area contributed by atoms with Gasteiger partial charge < -0.3 is 20.1 Å². The molecule has 17 heavy (non-hydrogen) atoms. The van der Waals surface area contributed by atoms with Gasteiger partial charge in [-0.1, -0.05) is 0 Å². The lowest BCUT2D eigenvalue weighted by atomic mass is 10.3. The monoisotopic (exact) mass is 239 g/mol. The molecule has 1 aromatic rings. The molecule has 0 fully saturated rings. The molecule has 0 aliphatic heterocycles. The quantitative estimate of drug-likeness (QED) is 0.786. The van der Waals surface area contributed by atoms with Crippen LogP contribution in [0, 0.1) is 0 Å². The number of likely N-dealkylation sites (N-methyl/N-ethyl adjacent to an activating group) is 1. The van der Waals surface area contributed by atoms with Crippen LogP contribution in [0.2, 0.25) is 0 Å². The number of nitrogens with one attached hydrogen (secondary N) is 2. The standard InChI is InChI=1S/C11H21N5O/c1-9(15(2)3)7-14-11(17)16(4)8-10-12-5-6-13-10/h5-6,9H,7-8H2,1-4H3,(H,12,13)(H,14,17). The first kappa shape index (κ1) is 13.5. The number of imidazole rings is 1. The highest BCUT2D eigenvalue weighted by Gasteiger charge is 2.11. The van der Waals surface area contributed by atoms with Crippen molar-refractivity contribution < 1.29 is 4.79 Å². The third kappa shape index (κ3) is 4.44. The van der Waals surface area contributed by atoms with Crippen LogP contribution in [0.5, 0.6) is 0 Å². The van der Waals surface area contributed by atoms with Crippen molar-refractivity contribution in [3.05, 3.63) is 18.2 Å². The summed E-state index contributed by atoms with van der Waals surface area (Å²) in [6.45, 7) is 3.18. The van der Waals surface area contributed by atoms with Crippen LogP contribution in [0.15, 0.2) is 12.4 Å². The van der Waals surface area contributed by atoms with Crippen LogP contribution < -0.4 is 5.32 Å². The van der Waals surface area contributed by atoms with Gasteiger partial charge in [0.15, 0.2) is 0 Å². The van der Waals surface area contributed by atoms with Crippen LogP contribution in [-0.4, -0.2) is 59.5 Å². The molecule has 0 radical (unpaired) electrons. The molecule has 1 rings (SSSR count). The van der Waals surface area contributed by atoms with Gasteiger partial charge in [-0.2, -0.15) is 0 Å². The number of carbonyl (C=O) groups excluding carboxylic acids is 1. The van der Waals surface area contributed by atoms with Gasteiger partial charge in [-0.3, -0.25) is 0 Å². The summed E-state index contributed by atoms with van der Waals surface area (Å²) in [6.07, 6.45) is 3.42. The number of aromatic amines is 1. The number of hydrogen-bond acceptors (Lipinski definition) is 3. The Balaban J connectivity index is 2.32. The molecule has 2 amide bonds. The molecular weight excluding hydrogens is 218 g/mol. The van der Waals surface area contributed by atoms with E-state index >= 15 is 0 Å². The summed E-state index contributed by atoms with van der Waals surface area (Å²) in [5.41, 5.74) is 0. The predicted molar refractivity (Wildman–Crippen MR) is 66.6 cm³/mol. The number of aromatic nitrogens is 2. The van der Waals surface area contributed by atoms with Gasteiger partial charge in [0.05, 0.1) is 6.54 Å². The van der Waals surface area contributed by atoms with Crippen LogP contribution in [0.3, 0.4) is 0 Å². The average Bonchev–Trinajstić information content (AvgIpc) is 2.77. The number of rotatable bonds is 5. The number of hydrogen-bond donors (Lipinski definition) is 2. The first-order chi connectivity index (χ1) is 8.00. The van der Waals surface area contributed by atoms with E-state index in [4.69, 9.17) is 0 Å². The summed E-state index contributed by atoms with van der Waals surface area (Å²) >= 11 is 0. The Morgan fingerprint density at radius 1 is 1.53 bits per heavy atom. The van der Waals surface area contributed by atoms with Gasteiger partial charge in [-0.25, -0.2) is 9.78 Å². The van der Waals surface area contributed by atoms with Gasteiger partial charge in [0, 0.05) is 32.0 Å². The summed E-state index contributed by atoms with van der Waals surface area (Å²) in [7, 11) is 5.73. The van der Waals surface area contributed by atoms with E-state index in [0.29, 0.717) is 19.1 Å². The average molecular weight is 239 g/mol. The predicted octanol–water partition coefficient (Wildman–Crippen LogP) is 0.501. The smallest absolute Gasteiger partial charge is 0.317 e. The van der Waals surface area contributed by atoms with Crippen LogP contribution in [0.25, 0.3) is 0 Å². The molecule has 0 aliphatic rings. The Bertz CT molecular complexity index is 336. The Morgan fingerprint density at radius 2 is 2.24 bits per heavy atom. The van der Waals surface area contributed by atoms with Gasteiger partial charge in [0.1, 0.15) is 5.82 Å². The molecule has 0 aromatic carbocycles. The maximum atomic E-state index is 11.8. The van der Waals surface area contributed by atoms with E-state index in [0.717, 1.165) is 5.82 Å². The summed E-state index contributed by atoms with van der Waals surface area (Å²) in [5.74, 6) is 0.781. The second kappa shape index (κ2) is 6.24. The number of H-pyrrole nitrogens is 1. The lowest BCUT2D eigenvalue weighted by Gasteiger charge is -2.22. The summed E-state index contributed by atoms with van der Waals surface area (Å²) in [6, 6.07) is 0.228. The van der Waals surface area contributed by atoms with Crippen molar-refractivity contribution in [1.82, 2.24) is 25.1 Å². The second-order valence-corrected chi connectivity index (χ2v) is 4.39. The van der Waals surface area contributed by atoms with E-state index in [1.165, 1.54) is 0 Å². The zero-order chi connectivity index (χ0) is 12.8. The van der Waals surface area contributed by atoms with Crippen LogP contribution >= 0.6 is 0 Å². The lowest BCUT2D eigenvalue weighted by Crippen LogP contribution is -2.43.